The molecule has 2 aromatic rings. The molecule has 4 rings (SSSR count). The Bertz CT molecular complexity index is 963. The van der Waals surface area contributed by atoms with Crippen molar-refractivity contribution < 1.29 is 46.1 Å². The van der Waals surface area contributed by atoms with Crippen molar-refractivity contribution in [2.75, 3.05) is 19.6 Å². The number of carboxylic acids is 2. The zero-order valence-electron chi connectivity index (χ0n) is 19.1. The van der Waals surface area contributed by atoms with E-state index in [1.807, 2.05) is 0 Å². The number of nitrogens with zero attached hydrogens (tertiary/aromatic N) is 3. The van der Waals surface area contributed by atoms with E-state index < -0.39 is 24.3 Å². The standard InChI is InChI=1S/C17H23N3S2.2C2HF3O2/c1-14-18-16(13-22-14)11-20-8-5-17(20)3-6-19(7-4-17)10-15-2-9-21-12-15;2*3-2(4,5)1(6)7/h2,9,12-13H,3-8,10-11H2,1H3;2*(H,6,7). The summed E-state index contributed by atoms with van der Waals surface area (Å²) in [4.78, 5) is 27.7. The first-order valence-electron chi connectivity index (χ1n) is 10.6. The number of aliphatic carboxylic acids is 2. The average molecular weight is 562 g/mol. The predicted molar refractivity (Wildman–Crippen MR) is 121 cm³/mol. The Balaban J connectivity index is 0.000000271. The second-order valence-electron chi connectivity index (χ2n) is 8.27. The molecule has 202 valence electrons. The van der Waals surface area contributed by atoms with Gasteiger partial charge in [-0.2, -0.15) is 37.7 Å². The van der Waals surface area contributed by atoms with Crippen molar-refractivity contribution in [3.63, 3.8) is 0 Å². The molecule has 0 aromatic carbocycles. The summed E-state index contributed by atoms with van der Waals surface area (Å²) in [5.74, 6) is -5.51. The molecular formula is C21H25F6N3O4S2. The zero-order valence-corrected chi connectivity index (χ0v) is 20.7. The van der Waals surface area contributed by atoms with Crippen molar-refractivity contribution in [1.29, 1.82) is 0 Å². The topological polar surface area (TPSA) is 94.0 Å². The molecule has 4 heterocycles. The molecule has 2 aromatic heterocycles. The number of carboxylic acid groups (broad SMARTS) is 2. The second-order valence-corrected chi connectivity index (χ2v) is 10.1. The number of hydrogen-bond donors (Lipinski definition) is 2. The van der Waals surface area contributed by atoms with Gasteiger partial charge in [0.1, 0.15) is 0 Å². The Morgan fingerprint density at radius 3 is 1.86 bits per heavy atom. The van der Waals surface area contributed by atoms with Gasteiger partial charge in [0.15, 0.2) is 0 Å². The normalized spacial score (nSPS) is 17.9. The SMILES string of the molecule is Cc1nc(CN2CCC23CCN(Cc2ccsc2)CC3)cs1.O=C(O)C(F)(F)F.O=C(O)C(F)(F)F. The van der Waals surface area contributed by atoms with Crippen LogP contribution in [0.15, 0.2) is 22.2 Å². The van der Waals surface area contributed by atoms with E-state index in [4.69, 9.17) is 19.8 Å². The second kappa shape index (κ2) is 12.3. The highest BCUT2D eigenvalue weighted by Gasteiger charge is 2.46. The van der Waals surface area contributed by atoms with Gasteiger partial charge < -0.3 is 10.2 Å². The molecule has 1 spiro atoms. The van der Waals surface area contributed by atoms with Crippen LogP contribution in [0.5, 0.6) is 0 Å². The van der Waals surface area contributed by atoms with Gasteiger partial charge in [-0.1, -0.05) is 0 Å². The Morgan fingerprint density at radius 1 is 0.972 bits per heavy atom. The van der Waals surface area contributed by atoms with Crippen molar-refractivity contribution in [2.45, 2.75) is 57.2 Å². The first-order chi connectivity index (χ1) is 16.6. The summed E-state index contributed by atoms with van der Waals surface area (Å²) < 4.78 is 63.5. The van der Waals surface area contributed by atoms with Crippen LogP contribution in [-0.2, 0) is 22.7 Å². The molecule has 7 nitrogen and oxygen atoms in total. The number of thiazole rings is 1. The molecule has 2 saturated heterocycles. The minimum atomic E-state index is -5.08. The van der Waals surface area contributed by atoms with Crippen molar-refractivity contribution in [2.24, 2.45) is 0 Å². The highest BCUT2D eigenvalue weighted by Crippen LogP contribution is 2.41. The van der Waals surface area contributed by atoms with E-state index in [1.165, 1.54) is 55.2 Å². The molecule has 2 aliphatic heterocycles. The van der Waals surface area contributed by atoms with Gasteiger partial charge in [0.2, 0.25) is 0 Å². The highest BCUT2D eigenvalue weighted by molar-refractivity contribution is 7.09. The largest absolute Gasteiger partial charge is 0.490 e. The zero-order chi connectivity index (χ0) is 27.1. The van der Waals surface area contributed by atoms with Crippen LogP contribution in [0, 0.1) is 6.92 Å². The molecule has 0 atom stereocenters. The average Bonchev–Trinajstić information content (AvgIpc) is 3.43. The number of likely N-dealkylation sites (tertiary alicyclic amines) is 2. The van der Waals surface area contributed by atoms with Crippen LogP contribution in [-0.4, -0.2) is 74.5 Å². The van der Waals surface area contributed by atoms with Gasteiger partial charge >= 0.3 is 24.3 Å². The van der Waals surface area contributed by atoms with Crippen molar-refractivity contribution in [3.8, 4) is 0 Å². The third-order valence-corrected chi connectivity index (χ3v) is 7.35. The van der Waals surface area contributed by atoms with Gasteiger partial charge in [0.05, 0.1) is 10.7 Å². The van der Waals surface area contributed by atoms with Gasteiger partial charge in [-0.15, -0.1) is 11.3 Å². The number of aryl methyl sites for hydroxylation is 1. The summed E-state index contributed by atoms with van der Waals surface area (Å²) in [6.07, 6.45) is -6.15. The molecule has 0 bridgehead atoms. The van der Waals surface area contributed by atoms with Crippen LogP contribution in [0.1, 0.15) is 35.5 Å². The molecule has 0 radical (unpaired) electrons. The van der Waals surface area contributed by atoms with Gasteiger partial charge in [-0.25, -0.2) is 14.6 Å². The molecule has 2 aliphatic rings. The number of hydrogen-bond acceptors (Lipinski definition) is 7. The predicted octanol–water partition coefficient (Wildman–Crippen LogP) is 5.02. The lowest BCUT2D eigenvalue weighted by molar-refractivity contribution is -0.193. The number of thiophene rings is 1. The Morgan fingerprint density at radius 2 is 1.50 bits per heavy atom. The Kier molecular flexibility index (Phi) is 10.3. The molecule has 0 amide bonds. The van der Waals surface area contributed by atoms with E-state index >= 15 is 0 Å². The fourth-order valence-corrected chi connectivity index (χ4v) is 5.11. The molecule has 0 unspecified atom stereocenters. The number of piperidine rings is 1. The number of carbonyl (C=O) groups is 2. The summed E-state index contributed by atoms with van der Waals surface area (Å²) in [5, 5.41) is 22.1. The maximum Gasteiger partial charge on any atom is 0.490 e. The molecular weight excluding hydrogens is 536 g/mol. The molecule has 0 saturated carbocycles. The molecule has 36 heavy (non-hydrogen) atoms. The quantitative estimate of drug-likeness (QED) is 0.507. The van der Waals surface area contributed by atoms with E-state index in [0.29, 0.717) is 5.54 Å². The van der Waals surface area contributed by atoms with Crippen LogP contribution in [0.25, 0.3) is 0 Å². The first-order valence-corrected chi connectivity index (χ1v) is 12.4. The Hall–Kier alpha value is -2.23. The van der Waals surface area contributed by atoms with E-state index in [9.17, 15) is 26.3 Å². The van der Waals surface area contributed by atoms with E-state index in [-0.39, 0.29) is 0 Å². The van der Waals surface area contributed by atoms with Gasteiger partial charge in [-0.3, -0.25) is 9.80 Å². The van der Waals surface area contributed by atoms with Crippen molar-refractivity contribution >= 4 is 34.6 Å². The van der Waals surface area contributed by atoms with Crippen molar-refractivity contribution in [3.05, 3.63) is 38.5 Å². The van der Waals surface area contributed by atoms with E-state index in [1.54, 1.807) is 22.7 Å². The smallest absolute Gasteiger partial charge is 0.475 e. The van der Waals surface area contributed by atoms with Crippen LogP contribution in [0.4, 0.5) is 26.3 Å². The van der Waals surface area contributed by atoms with E-state index in [2.05, 4.69) is 43.9 Å². The van der Waals surface area contributed by atoms with Gasteiger partial charge in [0.25, 0.3) is 0 Å². The third-order valence-electron chi connectivity index (χ3n) is 5.80. The molecule has 2 N–H and O–H groups in total. The summed E-state index contributed by atoms with van der Waals surface area (Å²) >= 11 is 3.58. The minimum absolute atomic E-state index is 0.475. The summed E-state index contributed by atoms with van der Waals surface area (Å²) in [5.41, 5.74) is 3.22. The Labute approximate surface area is 211 Å². The van der Waals surface area contributed by atoms with Gasteiger partial charge in [-0.05, 0) is 48.6 Å². The maximum atomic E-state index is 10.6. The molecule has 15 heteroatoms. The highest BCUT2D eigenvalue weighted by atomic mass is 32.1. The lowest BCUT2D eigenvalue weighted by atomic mass is 9.76. The van der Waals surface area contributed by atoms with Crippen LogP contribution in [0.3, 0.4) is 0 Å². The number of alkyl halides is 6. The fourth-order valence-electron chi connectivity index (χ4n) is 3.84. The lowest BCUT2D eigenvalue weighted by Gasteiger charge is -2.56. The summed E-state index contributed by atoms with van der Waals surface area (Å²) in [7, 11) is 0. The van der Waals surface area contributed by atoms with Crippen molar-refractivity contribution in [1.82, 2.24) is 14.8 Å². The van der Waals surface area contributed by atoms with Crippen LogP contribution in [0.2, 0.25) is 0 Å². The molecule has 0 aliphatic carbocycles. The molecule has 2 fully saturated rings. The maximum absolute atomic E-state index is 10.6. The minimum Gasteiger partial charge on any atom is -0.475 e. The van der Waals surface area contributed by atoms with Gasteiger partial charge in [0, 0.05) is 43.6 Å². The monoisotopic (exact) mass is 561 g/mol. The summed E-state index contributed by atoms with van der Waals surface area (Å²) in [6.45, 7) is 8.01. The van der Waals surface area contributed by atoms with Crippen LogP contribution >= 0.6 is 22.7 Å². The van der Waals surface area contributed by atoms with E-state index in [0.717, 1.165) is 13.1 Å². The number of rotatable bonds is 4. The lowest BCUT2D eigenvalue weighted by Crippen LogP contribution is -2.63. The number of aromatic nitrogens is 1. The van der Waals surface area contributed by atoms with Crippen LogP contribution < -0.4 is 0 Å². The number of halogens is 6. The fraction of sp³-hybridized carbons (Fsp3) is 0.571. The first kappa shape index (κ1) is 30.0. The third kappa shape index (κ3) is 9.01. The summed E-state index contributed by atoms with van der Waals surface area (Å²) in [6, 6.07) is 2.26.